The highest BCUT2D eigenvalue weighted by atomic mass is 32.1. The van der Waals surface area contributed by atoms with Gasteiger partial charge in [-0.2, -0.15) is 0 Å². The highest BCUT2D eigenvalue weighted by Gasteiger charge is 2.09. The van der Waals surface area contributed by atoms with E-state index in [4.69, 9.17) is 0 Å². The fraction of sp³-hybridized carbons (Fsp3) is 0.273. The normalized spacial score (nSPS) is 10.8. The van der Waals surface area contributed by atoms with Crippen molar-refractivity contribution in [1.82, 2.24) is 15.5 Å². The first-order valence-corrected chi connectivity index (χ1v) is 6.01. The molecule has 0 amide bonds. The van der Waals surface area contributed by atoms with E-state index in [9.17, 15) is 8.78 Å². The minimum Gasteiger partial charge on any atom is -0.311 e. The zero-order valence-corrected chi connectivity index (χ0v) is 10.0. The summed E-state index contributed by atoms with van der Waals surface area (Å²) in [4.78, 5) is 0. The average Bonchev–Trinajstić information content (AvgIpc) is 2.79. The maximum absolute atomic E-state index is 13.0. The molecule has 0 unspecified atom stereocenters. The number of halogens is 2. The van der Waals surface area contributed by atoms with Gasteiger partial charge in [-0.1, -0.05) is 18.3 Å². The quantitative estimate of drug-likeness (QED) is 0.912. The SMILES string of the molecule is CCNCc1nnc(-c2ccc(F)c(F)c2)s1. The molecule has 0 spiro atoms. The van der Waals surface area contributed by atoms with Crippen molar-refractivity contribution in [2.75, 3.05) is 6.54 Å². The van der Waals surface area contributed by atoms with Gasteiger partial charge in [0.15, 0.2) is 11.6 Å². The zero-order valence-electron chi connectivity index (χ0n) is 9.20. The second-order valence-electron chi connectivity index (χ2n) is 3.41. The molecule has 0 aliphatic rings. The van der Waals surface area contributed by atoms with Crippen LogP contribution in [0.15, 0.2) is 18.2 Å². The average molecular weight is 255 g/mol. The van der Waals surface area contributed by atoms with Gasteiger partial charge in [-0.05, 0) is 24.7 Å². The van der Waals surface area contributed by atoms with Gasteiger partial charge in [-0.25, -0.2) is 8.78 Å². The van der Waals surface area contributed by atoms with Crippen molar-refractivity contribution in [3.63, 3.8) is 0 Å². The second kappa shape index (κ2) is 5.29. The minimum absolute atomic E-state index is 0.546. The van der Waals surface area contributed by atoms with E-state index >= 15 is 0 Å². The molecule has 6 heteroatoms. The third kappa shape index (κ3) is 2.83. The van der Waals surface area contributed by atoms with Gasteiger partial charge in [0.05, 0.1) is 0 Å². The van der Waals surface area contributed by atoms with Gasteiger partial charge in [0.25, 0.3) is 0 Å². The molecule has 0 saturated heterocycles. The van der Waals surface area contributed by atoms with Crippen LogP contribution in [0.25, 0.3) is 10.6 Å². The summed E-state index contributed by atoms with van der Waals surface area (Å²) in [5, 5.41) is 12.5. The Balaban J connectivity index is 2.21. The van der Waals surface area contributed by atoms with E-state index in [-0.39, 0.29) is 0 Å². The molecule has 17 heavy (non-hydrogen) atoms. The van der Waals surface area contributed by atoms with Gasteiger partial charge in [0.2, 0.25) is 0 Å². The van der Waals surface area contributed by atoms with Crippen LogP contribution in [0.1, 0.15) is 11.9 Å². The third-order valence-corrected chi connectivity index (χ3v) is 3.13. The van der Waals surface area contributed by atoms with Crippen molar-refractivity contribution in [3.8, 4) is 10.6 Å². The lowest BCUT2D eigenvalue weighted by molar-refractivity contribution is 0.509. The molecule has 0 atom stereocenters. The summed E-state index contributed by atoms with van der Waals surface area (Å²) in [5.41, 5.74) is 0.546. The lowest BCUT2D eigenvalue weighted by Gasteiger charge is -1.96. The largest absolute Gasteiger partial charge is 0.311 e. The fourth-order valence-electron chi connectivity index (χ4n) is 1.30. The van der Waals surface area contributed by atoms with Crippen LogP contribution in [0.4, 0.5) is 8.78 Å². The van der Waals surface area contributed by atoms with Gasteiger partial charge in [-0.15, -0.1) is 10.2 Å². The van der Waals surface area contributed by atoms with Crippen molar-refractivity contribution < 1.29 is 8.78 Å². The predicted molar refractivity (Wildman–Crippen MR) is 62.6 cm³/mol. The first-order valence-electron chi connectivity index (χ1n) is 5.19. The summed E-state index contributed by atoms with van der Waals surface area (Å²) in [6.07, 6.45) is 0. The van der Waals surface area contributed by atoms with E-state index < -0.39 is 11.6 Å². The number of hydrogen-bond acceptors (Lipinski definition) is 4. The second-order valence-corrected chi connectivity index (χ2v) is 4.47. The zero-order chi connectivity index (χ0) is 12.3. The van der Waals surface area contributed by atoms with E-state index in [1.807, 2.05) is 6.92 Å². The molecule has 0 saturated carbocycles. The summed E-state index contributed by atoms with van der Waals surface area (Å²) in [7, 11) is 0. The summed E-state index contributed by atoms with van der Waals surface area (Å²) in [6, 6.07) is 3.72. The molecule has 0 fully saturated rings. The van der Waals surface area contributed by atoms with Crippen molar-refractivity contribution in [3.05, 3.63) is 34.8 Å². The maximum Gasteiger partial charge on any atom is 0.159 e. The summed E-state index contributed by atoms with van der Waals surface area (Å²) >= 11 is 1.37. The number of aromatic nitrogens is 2. The molecule has 0 aliphatic heterocycles. The highest BCUT2D eigenvalue weighted by Crippen LogP contribution is 2.24. The molecular formula is C11H11F2N3S. The highest BCUT2D eigenvalue weighted by molar-refractivity contribution is 7.14. The topological polar surface area (TPSA) is 37.8 Å². The van der Waals surface area contributed by atoms with Crippen LogP contribution in [0.3, 0.4) is 0 Å². The van der Waals surface area contributed by atoms with Crippen LogP contribution in [-0.4, -0.2) is 16.7 Å². The lowest BCUT2D eigenvalue weighted by atomic mass is 10.2. The molecule has 90 valence electrons. The van der Waals surface area contributed by atoms with Crippen LogP contribution in [0.5, 0.6) is 0 Å². The Morgan fingerprint density at radius 3 is 2.76 bits per heavy atom. The Morgan fingerprint density at radius 2 is 2.06 bits per heavy atom. The molecule has 2 rings (SSSR count). The van der Waals surface area contributed by atoms with Crippen molar-refractivity contribution >= 4 is 11.3 Å². The smallest absolute Gasteiger partial charge is 0.159 e. The van der Waals surface area contributed by atoms with Gasteiger partial charge in [-0.3, -0.25) is 0 Å². The Labute approximate surface area is 102 Å². The van der Waals surface area contributed by atoms with Crippen LogP contribution in [-0.2, 0) is 6.54 Å². The van der Waals surface area contributed by atoms with E-state index in [0.717, 1.165) is 23.7 Å². The molecular weight excluding hydrogens is 244 g/mol. The van der Waals surface area contributed by atoms with Gasteiger partial charge < -0.3 is 5.32 Å². The molecule has 0 bridgehead atoms. The van der Waals surface area contributed by atoms with E-state index in [2.05, 4.69) is 15.5 Å². The summed E-state index contributed by atoms with van der Waals surface area (Å²) < 4.78 is 25.8. The van der Waals surface area contributed by atoms with Crippen molar-refractivity contribution in [2.45, 2.75) is 13.5 Å². The van der Waals surface area contributed by atoms with Gasteiger partial charge >= 0.3 is 0 Å². The fourth-order valence-corrected chi connectivity index (χ4v) is 2.11. The molecule has 3 nitrogen and oxygen atoms in total. The minimum atomic E-state index is -0.870. The van der Waals surface area contributed by atoms with Crippen molar-refractivity contribution in [2.24, 2.45) is 0 Å². The predicted octanol–water partition coefficient (Wildman–Crippen LogP) is 2.59. The monoisotopic (exact) mass is 255 g/mol. The standard InChI is InChI=1S/C11H11F2N3S/c1-2-14-6-10-15-16-11(17-10)7-3-4-8(12)9(13)5-7/h3-5,14H,2,6H2,1H3. The molecule has 2 aromatic rings. The van der Waals surface area contributed by atoms with Gasteiger partial charge in [0, 0.05) is 12.1 Å². The van der Waals surface area contributed by atoms with Gasteiger partial charge in [0.1, 0.15) is 10.0 Å². The first kappa shape index (κ1) is 12.1. The third-order valence-electron chi connectivity index (χ3n) is 2.16. The first-order chi connectivity index (χ1) is 8.20. The summed E-state index contributed by atoms with van der Waals surface area (Å²) in [5.74, 6) is -1.72. The number of benzene rings is 1. The Hall–Kier alpha value is -1.40. The van der Waals surface area contributed by atoms with Crippen LogP contribution in [0, 0.1) is 11.6 Å². The van der Waals surface area contributed by atoms with E-state index in [1.165, 1.54) is 17.4 Å². The number of nitrogens with one attached hydrogen (secondary N) is 1. The van der Waals surface area contributed by atoms with Crippen LogP contribution >= 0.6 is 11.3 Å². The Morgan fingerprint density at radius 1 is 1.24 bits per heavy atom. The lowest BCUT2D eigenvalue weighted by Crippen LogP contribution is -2.11. The van der Waals surface area contributed by atoms with E-state index in [1.54, 1.807) is 0 Å². The molecule has 1 aromatic carbocycles. The molecule has 1 aromatic heterocycles. The van der Waals surface area contributed by atoms with Crippen LogP contribution in [0.2, 0.25) is 0 Å². The van der Waals surface area contributed by atoms with Crippen LogP contribution < -0.4 is 5.32 Å². The maximum atomic E-state index is 13.0. The van der Waals surface area contributed by atoms with Crippen molar-refractivity contribution in [1.29, 1.82) is 0 Å². The number of hydrogen-bond donors (Lipinski definition) is 1. The van der Waals surface area contributed by atoms with E-state index in [0.29, 0.717) is 17.1 Å². The molecule has 0 aliphatic carbocycles. The molecule has 1 heterocycles. The Kier molecular flexibility index (Phi) is 3.75. The number of rotatable bonds is 4. The number of nitrogens with zero attached hydrogens (tertiary/aromatic N) is 2. The molecule has 1 N–H and O–H groups in total. The summed E-state index contributed by atoms with van der Waals surface area (Å²) in [6.45, 7) is 3.48. The molecule has 0 radical (unpaired) electrons. The Bertz CT molecular complexity index is 513.